The van der Waals surface area contributed by atoms with Gasteiger partial charge in [-0.25, -0.2) is 0 Å². The average Bonchev–Trinajstić information content (AvgIpc) is 3.40. The van der Waals surface area contributed by atoms with E-state index in [1.165, 1.54) is 4.90 Å². The van der Waals surface area contributed by atoms with E-state index in [2.05, 4.69) is 5.32 Å². The van der Waals surface area contributed by atoms with E-state index in [-0.39, 0.29) is 44.7 Å². The van der Waals surface area contributed by atoms with Crippen molar-refractivity contribution in [3.63, 3.8) is 0 Å². The van der Waals surface area contributed by atoms with Crippen LogP contribution in [0.2, 0.25) is 0 Å². The second kappa shape index (κ2) is 6.41. The van der Waals surface area contributed by atoms with Crippen LogP contribution in [0.1, 0.15) is 17.5 Å². The Kier molecular flexibility index (Phi) is 3.84. The lowest BCUT2D eigenvalue weighted by molar-refractivity contribution is -0.125. The van der Waals surface area contributed by atoms with Gasteiger partial charge in [0.15, 0.2) is 11.5 Å². The summed E-state index contributed by atoms with van der Waals surface area (Å²) in [6, 6.07) is 13.0. The Morgan fingerprint density at radius 2 is 1.93 bits per heavy atom. The molecule has 5 rings (SSSR count). The number of nitriles is 1. The summed E-state index contributed by atoms with van der Waals surface area (Å²) in [6.45, 7) is 0.404. The first-order chi connectivity index (χ1) is 14.1. The minimum Gasteiger partial charge on any atom is -0.491 e. The highest BCUT2D eigenvalue weighted by atomic mass is 16.7. The van der Waals surface area contributed by atoms with Crippen molar-refractivity contribution < 1.29 is 23.8 Å². The predicted molar refractivity (Wildman–Crippen MR) is 101 cm³/mol. The lowest BCUT2D eigenvalue weighted by atomic mass is 9.77. The van der Waals surface area contributed by atoms with Crippen LogP contribution in [-0.2, 0) is 15.0 Å². The Morgan fingerprint density at radius 3 is 2.76 bits per heavy atom. The summed E-state index contributed by atoms with van der Waals surface area (Å²) in [4.78, 5) is 27.5. The fraction of sp³-hybridized carbons (Fsp3) is 0.286. The molecule has 0 saturated heterocycles. The molecule has 0 fully saturated rings. The van der Waals surface area contributed by atoms with Gasteiger partial charge in [-0.15, -0.1) is 0 Å². The van der Waals surface area contributed by atoms with Crippen molar-refractivity contribution in [2.24, 2.45) is 0 Å². The standard InChI is InChI=1S/C21H17N3O5/c22-6-3-7-23-19(25)10-24-15-5-2-1-4-13(15)21(20(24)26)11-27-16-9-18-17(8-14(16)21)28-12-29-18/h1-2,4-5,8-9H,3,7,10-12H2,(H,23,25). The van der Waals surface area contributed by atoms with Gasteiger partial charge < -0.3 is 24.4 Å². The summed E-state index contributed by atoms with van der Waals surface area (Å²) >= 11 is 0. The number of anilines is 1. The number of benzene rings is 2. The number of nitrogens with one attached hydrogen (secondary N) is 1. The van der Waals surface area contributed by atoms with E-state index in [0.29, 0.717) is 28.5 Å². The van der Waals surface area contributed by atoms with Gasteiger partial charge in [0.25, 0.3) is 0 Å². The maximum Gasteiger partial charge on any atom is 0.246 e. The van der Waals surface area contributed by atoms with Gasteiger partial charge in [-0.05, 0) is 17.7 Å². The monoisotopic (exact) mass is 391 g/mol. The smallest absolute Gasteiger partial charge is 0.246 e. The van der Waals surface area contributed by atoms with Gasteiger partial charge in [-0.2, -0.15) is 5.26 Å². The Balaban J connectivity index is 1.54. The fourth-order valence-electron chi connectivity index (χ4n) is 4.18. The molecular weight excluding hydrogens is 374 g/mol. The maximum absolute atomic E-state index is 13.7. The molecule has 0 aromatic heterocycles. The summed E-state index contributed by atoms with van der Waals surface area (Å²) in [5.74, 6) is 1.22. The van der Waals surface area contributed by atoms with Gasteiger partial charge in [0.1, 0.15) is 24.3 Å². The van der Waals surface area contributed by atoms with Crippen molar-refractivity contribution in [2.75, 3.05) is 31.4 Å². The predicted octanol–water partition coefficient (Wildman–Crippen LogP) is 1.47. The molecule has 1 atom stereocenters. The number of carbonyl (C=O) groups is 2. The van der Waals surface area contributed by atoms with Crippen LogP contribution < -0.4 is 24.4 Å². The molecule has 0 bridgehead atoms. The third-order valence-electron chi connectivity index (χ3n) is 5.50. The van der Waals surface area contributed by atoms with Gasteiger partial charge >= 0.3 is 0 Å². The van der Waals surface area contributed by atoms with E-state index in [1.807, 2.05) is 30.3 Å². The third kappa shape index (κ3) is 2.44. The van der Waals surface area contributed by atoms with Crippen LogP contribution in [0.3, 0.4) is 0 Å². The van der Waals surface area contributed by atoms with E-state index in [4.69, 9.17) is 19.5 Å². The summed E-state index contributed by atoms with van der Waals surface area (Å²) in [5, 5.41) is 11.3. The molecule has 8 nitrogen and oxygen atoms in total. The third-order valence-corrected chi connectivity index (χ3v) is 5.50. The molecule has 2 aromatic rings. The molecular formula is C21H17N3O5. The molecule has 0 radical (unpaired) electrons. The summed E-state index contributed by atoms with van der Waals surface area (Å²) in [6.07, 6.45) is 0.217. The Morgan fingerprint density at radius 1 is 1.14 bits per heavy atom. The zero-order valence-electron chi connectivity index (χ0n) is 15.4. The van der Waals surface area contributed by atoms with Crippen molar-refractivity contribution in [2.45, 2.75) is 11.8 Å². The number of hydrogen-bond donors (Lipinski definition) is 1. The number of rotatable bonds is 4. The first-order valence-electron chi connectivity index (χ1n) is 9.27. The molecule has 3 heterocycles. The van der Waals surface area contributed by atoms with Gasteiger partial charge in [0.2, 0.25) is 18.6 Å². The average molecular weight is 391 g/mol. The molecule has 2 amide bonds. The fourth-order valence-corrected chi connectivity index (χ4v) is 4.18. The number of fused-ring (bicyclic) bond motifs is 5. The topological polar surface area (TPSA) is 101 Å². The first kappa shape index (κ1) is 17.4. The summed E-state index contributed by atoms with van der Waals surface area (Å²) in [5.41, 5.74) is 1.17. The van der Waals surface area contributed by atoms with Gasteiger partial charge in [0.05, 0.1) is 12.5 Å². The number of para-hydroxylation sites is 1. The Bertz CT molecular complexity index is 1080. The van der Waals surface area contributed by atoms with Crippen molar-refractivity contribution >= 4 is 17.5 Å². The number of carbonyl (C=O) groups excluding carboxylic acids is 2. The molecule has 0 aliphatic carbocycles. The lowest BCUT2D eigenvalue weighted by Crippen LogP contribution is -2.46. The van der Waals surface area contributed by atoms with Gasteiger partial charge in [0, 0.05) is 23.9 Å². The maximum atomic E-state index is 13.7. The van der Waals surface area contributed by atoms with E-state index in [1.54, 1.807) is 12.1 Å². The quantitative estimate of drug-likeness (QED) is 0.792. The normalized spacial score (nSPS) is 20.2. The van der Waals surface area contributed by atoms with Crippen molar-refractivity contribution in [1.29, 1.82) is 5.26 Å². The first-order valence-corrected chi connectivity index (χ1v) is 9.27. The van der Waals surface area contributed by atoms with Crippen LogP contribution in [0.5, 0.6) is 17.2 Å². The van der Waals surface area contributed by atoms with Crippen LogP contribution in [0.25, 0.3) is 0 Å². The van der Waals surface area contributed by atoms with Crippen LogP contribution in [-0.4, -0.2) is 38.3 Å². The second-order valence-electron chi connectivity index (χ2n) is 7.06. The largest absolute Gasteiger partial charge is 0.491 e. The van der Waals surface area contributed by atoms with Crippen LogP contribution in [0, 0.1) is 11.3 Å². The minimum atomic E-state index is -1.03. The highest BCUT2D eigenvalue weighted by molar-refractivity contribution is 6.13. The van der Waals surface area contributed by atoms with E-state index in [0.717, 1.165) is 5.56 Å². The summed E-state index contributed by atoms with van der Waals surface area (Å²) in [7, 11) is 0. The van der Waals surface area contributed by atoms with Crippen LogP contribution in [0.15, 0.2) is 36.4 Å². The Labute approximate surface area is 166 Å². The molecule has 0 saturated carbocycles. The van der Waals surface area contributed by atoms with Crippen LogP contribution in [0.4, 0.5) is 5.69 Å². The molecule has 146 valence electrons. The van der Waals surface area contributed by atoms with E-state index < -0.39 is 5.41 Å². The highest BCUT2D eigenvalue weighted by Gasteiger charge is 2.57. The molecule has 29 heavy (non-hydrogen) atoms. The highest BCUT2D eigenvalue weighted by Crippen LogP contribution is 2.54. The van der Waals surface area contributed by atoms with Gasteiger partial charge in [-0.3, -0.25) is 9.59 Å². The summed E-state index contributed by atoms with van der Waals surface area (Å²) < 4.78 is 16.8. The molecule has 3 aliphatic heterocycles. The van der Waals surface area contributed by atoms with E-state index >= 15 is 0 Å². The number of amides is 2. The van der Waals surface area contributed by atoms with Crippen molar-refractivity contribution in [1.82, 2.24) is 5.32 Å². The SMILES string of the molecule is N#CCCNC(=O)CN1C(=O)C2(COc3cc4c(cc32)OCO4)c2ccccc21. The number of nitrogens with zero attached hydrogens (tertiary/aromatic N) is 2. The Hall–Kier alpha value is -3.73. The van der Waals surface area contributed by atoms with Crippen molar-refractivity contribution in [3.05, 3.63) is 47.5 Å². The van der Waals surface area contributed by atoms with E-state index in [9.17, 15) is 9.59 Å². The minimum absolute atomic E-state index is 0.122. The zero-order valence-corrected chi connectivity index (χ0v) is 15.4. The molecule has 8 heteroatoms. The molecule has 1 unspecified atom stereocenters. The van der Waals surface area contributed by atoms with Gasteiger partial charge in [-0.1, -0.05) is 18.2 Å². The molecule has 2 aromatic carbocycles. The molecule has 1 N–H and O–H groups in total. The number of ether oxygens (including phenoxy) is 3. The zero-order chi connectivity index (χ0) is 20.0. The van der Waals surface area contributed by atoms with Crippen molar-refractivity contribution in [3.8, 4) is 23.3 Å². The number of hydrogen-bond acceptors (Lipinski definition) is 6. The molecule has 3 aliphatic rings. The van der Waals surface area contributed by atoms with Crippen LogP contribution >= 0.6 is 0 Å². The second-order valence-corrected chi connectivity index (χ2v) is 7.06. The molecule has 1 spiro atoms. The lowest BCUT2D eigenvalue weighted by Gasteiger charge is -2.23.